The number of urea groups is 1. The minimum atomic E-state index is -0.852. The Labute approximate surface area is 151 Å². The number of carboxylic acids is 1. The zero-order valence-electron chi connectivity index (χ0n) is 14.4. The molecule has 1 aromatic carbocycles. The molecule has 0 aliphatic carbocycles. The predicted molar refractivity (Wildman–Crippen MR) is 93.6 cm³/mol. The van der Waals surface area contributed by atoms with E-state index in [-0.39, 0.29) is 12.6 Å². The minimum Gasteiger partial charge on any atom is -0.493 e. The van der Waals surface area contributed by atoms with Crippen LogP contribution in [0.15, 0.2) is 12.1 Å². The number of hydrogen-bond donors (Lipinski definition) is 2. The molecule has 1 aliphatic rings. The number of hydrogen-bond acceptors (Lipinski definition) is 4. The van der Waals surface area contributed by atoms with Gasteiger partial charge in [-0.3, -0.25) is 4.79 Å². The number of amides is 2. The van der Waals surface area contributed by atoms with Gasteiger partial charge in [-0.05, 0) is 30.9 Å². The Hall–Kier alpha value is -2.15. The molecule has 1 unspecified atom stereocenters. The summed E-state index contributed by atoms with van der Waals surface area (Å²) in [5.41, 5.74) is 0.835. The van der Waals surface area contributed by atoms with Gasteiger partial charge in [0.15, 0.2) is 11.5 Å². The van der Waals surface area contributed by atoms with Gasteiger partial charge in [0.1, 0.15) is 0 Å². The van der Waals surface area contributed by atoms with Crippen molar-refractivity contribution in [1.82, 2.24) is 10.2 Å². The van der Waals surface area contributed by atoms with Gasteiger partial charge < -0.3 is 24.8 Å². The highest BCUT2D eigenvalue weighted by Gasteiger charge is 2.27. The first kappa shape index (κ1) is 19.2. The highest BCUT2D eigenvalue weighted by Crippen LogP contribution is 2.37. The summed E-state index contributed by atoms with van der Waals surface area (Å²) >= 11 is 6.32. The number of nitrogens with zero attached hydrogens (tertiary/aromatic N) is 1. The smallest absolute Gasteiger partial charge is 0.317 e. The fourth-order valence-electron chi connectivity index (χ4n) is 2.90. The number of halogens is 1. The second-order valence-corrected chi connectivity index (χ2v) is 6.26. The van der Waals surface area contributed by atoms with Gasteiger partial charge in [-0.15, -0.1) is 0 Å². The molecule has 8 heteroatoms. The maximum absolute atomic E-state index is 12.2. The Kier molecular flexibility index (Phi) is 6.75. The molecular weight excluding hydrogens is 348 g/mol. The molecule has 0 radical (unpaired) electrons. The summed E-state index contributed by atoms with van der Waals surface area (Å²) in [6.45, 7) is 1.22. The third-order valence-corrected chi connectivity index (χ3v) is 4.71. The van der Waals surface area contributed by atoms with Crippen LogP contribution in [0.2, 0.25) is 5.02 Å². The van der Waals surface area contributed by atoms with Crippen LogP contribution in [0.25, 0.3) is 0 Å². The number of carboxylic acid groups (broad SMARTS) is 1. The number of carbonyl (C=O) groups excluding carboxylic acids is 1. The SMILES string of the molecule is COc1ccc(CCNC(=O)N2CCCC(C(=O)O)C2)c(Cl)c1OC. The Balaban J connectivity index is 1.90. The molecular formula is C17H23ClN2O5. The molecule has 1 aliphatic heterocycles. The second-order valence-electron chi connectivity index (χ2n) is 5.88. The lowest BCUT2D eigenvalue weighted by molar-refractivity contribution is -0.143. The standard InChI is InChI=1S/C17H23ClN2O5/c1-24-13-6-5-11(14(18)15(13)25-2)7-8-19-17(23)20-9-3-4-12(10-20)16(21)22/h5-6,12H,3-4,7-10H2,1-2H3,(H,19,23)(H,21,22). The van der Waals surface area contributed by atoms with Gasteiger partial charge in [-0.1, -0.05) is 17.7 Å². The van der Waals surface area contributed by atoms with Crippen LogP contribution in [-0.2, 0) is 11.2 Å². The van der Waals surface area contributed by atoms with Gasteiger partial charge >= 0.3 is 12.0 Å². The molecule has 1 heterocycles. The van der Waals surface area contributed by atoms with Crippen LogP contribution in [0.4, 0.5) is 4.79 Å². The summed E-state index contributed by atoms with van der Waals surface area (Å²) in [6, 6.07) is 3.35. The third kappa shape index (κ3) is 4.69. The lowest BCUT2D eigenvalue weighted by atomic mass is 9.99. The summed E-state index contributed by atoms with van der Waals surface area (Å²) in [4.78, 5) is 24.8. The Morgan fingerprint density at radius 2 is 2.12 bits per heavy atom. The summed E-state index contributed by atoms with van der Waals surface area (Å²) in [5, 5.41) is 12.4. The molecule has 138 valence electrons. The predicted octanol–water partition coefficient (Wildman–Crippen LogP) is 2.41. The van der Waals surface area contributed by atoms with E-state index in [4.69, 9.17) is 26.2 Å². The fraction of sp³-hybridized carbons (Fsp3) is 0.529. The number of benzene rings is 1. The van der Waals surface area contributed by atoms with Gasteiger partial charge in [0.05, 0.1) is 25.2 Å². The summed E-state index contributed by atoms with van der Waals surface area (Å²) in [7, 11) is 3.06. The van der Waals surface area contributed by atoms with Crippen LogP contribution < -0.4 is 14.8 Å². The van der Waals surface area contributed by atoms with Gasteiger partial charge in [0.25, 0.3) is 0 Å². The maximum Gasteiger partial charge on any atom is 0.317 e. The number of ether oxygens (including phenoxy) is 2. The van der Waals surface area contributed by atoms with E-state index in [0.29, 0.717) is 48.9 Å². The first-order valence-electron chi connectivity index (χ1n) is 8.12. The molecule has 0 spiro atoms. The molecule has 0 bridgehead atoms. The van der Waals surface area contributed by atoms with Crippen molar-refractivity contribution in [2.45, 2.75) is 19.3 Å². The van der Waals surface area contributed by atoms with Crippen molar-refractivity contribution in [3.8, 4) is 11.5 Å². The van der Waals surface area contributed by atoms with E-state index in [1.54, 1.807) is 11.0 Å². The summed E-state index contributed by atoms with van der Waals surface area (Å²) < 4.78 is 10.4. The maximum atomic E-state index is 12.2. The molecule has 1 saturated heterocycles. The first-order chi connectivity index (χ1) is 12.0. The van der Waals surface area contributed by atoms with Crippen molar-refractivity contribution in [3.63, 3.8) is 0 Å². The van der Waals surface area contributed by atoms with E-state index in [0.717, 1.165) is 5.56 Å². The van der Waals surface area contributed by atoms with E-state index in [1.165, 1.54) is 14.2 Å². The molecule has 0 aromatic heterocycles. The quantitative estimate of drug-likeness (QED) is 0.802. The fourth-order valence-corrected chi connectivity index (χ4v) is 3.23. The number of likely N-dealkylation sites (tertiary alicyclic amines) is 1. The number of methoxy groups -OCH3 is 2. The monoisotopic (exact) mass is 370 g/mol. The van der Waals surface area contributed by atoms with Crippen molar-refractivity contribution >= 4 is 23.6 Å². The van der Waals surface area contributed by atoms with Gasteiger partial charge in [0, 0.05) is 19.6 Å². The van der Waals surface area contributed by atoms with E-state index < -0.39 is 11.9 Å². The minimum absolute atomic E-state index is 0.248. The second kappa shape index (κ2) is 8.80. The van der Waals surface area contributed by atoms with Crippen LogP contribution >= 0.6 is 11.6 Å². The molecule has 1 atom stereocenters. The Morgan fingerprint density at radius 3 is 2.76 bits per heavy atom. The molecule has 1 aromatic rings. The van der Waals surface area contributed by atoms with Crippen LogP contribution in [0, 0.1) is 5.92 Å². The zero-order valence-corrected chi connectivity index (χ0v) is 15.1. The summed E-state index contributed by atoms with van der Waals surface area (Å²) in [5.74, 6) is -0.323. The van der Waals surface area contributed by atoms with Crippen LogP contribution in [0.3, 0.4) is 0 Å². The summed E-state index contributed by atoms with van der Waals surface area (Å²) in [6.07, 6.45) is 1.84. The topological polar surface area (TPSA) is 88.1 Å². The van der Waals surface area contributed by atoms with Crippen LogP contribution in [0.1, 0.15) is 18.4 Å². The molecule has 7 nitrogen and oxygen atoms in total. The lowest BCUT2D eigenvalue weighted by Crippen LogP contribution is -2.47. The molecule has 25 heavy (non-hydrogen) atoms. The van der Waals surface area contributed by atoms with E-state index in [9.17, 15) is 9.59 Å². The van der Waals surface area contributed by atoms with Crippen molar-refractivity contribution in [2.24, 2.45) is 5.92 Å². The van der Waals surface area contributed by atoms with E-state index in [1.807, 2.05) is 6.07 Å². The van der Waals surface area contributed by atoms with Crippen LogP contribution in [0.5, 0.6) is 11.5 Å². The molecule has 2 rings (SSSR count). The van der Waals surface area contributed by atoms with Gasteiger partial charge in [-0.25, -0.2) is 4.79 Å². The van der Waals surface area contributed by atoms with E-state index >= 15 is 0 Å². The van der Waals surface area contributed by atoms with E-state index in [2.05, 4.69) is 5.32 Å². The van der Waals surface area contributed by atoms with Crippen molar-refractivity contribution < 1.29 is 24.2 Å². The largest absolute Gasteiger partial charge is 0.493 e. The average molecular weight is 371 g/mol. The Morgan fingerprint density at radius 1 is 1.36 bits per heavy atom. The average Bonchev–Trinajstić information content (AvgIpc) is 2.62. The lowest BCUT2D eigenvalue weighted by Gasteiger charge is -2.30. The molecule has 2 N–H and O–H groups in total. The molecule has 1 fully saturated rings. The normalized spacial score (nSPS) is 17.1. The number of rotatable bonds is 6. The van der Waals surface area contributed by atoms with Gasteiger partial charge in [0.2, 0.25) is 0 Å². The number of piperidine rings is 1. The molecule has 2 amide bonds. The first-order valence-corrected chi connectivity index (χ1v) is 8.50. The van der Waals surface area contributed by atoms with Gasteiger partial charge in [-0.2, -0.15) is 0 Å². The Bertz CT molecular complexity index is 638. The zero-order chi connectivity index (χ0) is 18.4. The third-order valence-electron chi connectivity index (χ3n) is 4.29. The van der Waals surface area contributed by atoms with Crippen molar-refractivity contribution in [1.29, 1.82) is 0 Å². The number of carbonyl (C=O) groups is 2. The highest BCUT2D eigenvalue weighted by molar-refractivity contribution is 6.33. The number of aliphatic carboxylic acids is 1. The molecule has 0 saturated carbocycles. The van der Waals surface area contributed by atoms with Crippen molar-refractivity contribution in [3.05, 3.63) is 22.7 Å². The van der Waals surface area contributed by atoms with Crippen LogP contribution in [-0.4, -0.2) is 55.9 Å². The number of nitrogens with one attached hydrogen (secondary N) is 1. The highest BCUT2D eigenvalue weighted by atomic mass is 35.5. The van der Waals surface area contributed by atoms with Crippen molar-refractivity contribution in [2.75, 3.05) is 33.9 Å².